The molecule has 0 aliphatic carbocycles. The van der Waals surface area contributed by atoms with Crippen LogP contribution in [0.25, 0.3) is 0 Å². The highest BCUT2D eigenvalue weighted by Gasteiger charge is 2.29. The van der Waals surface area contributed by atoms with Gasteiger partial charge in [-0.25, -0.2) is 0 Å². The SMILES string of the molecule is CCNC(=O)c1ccc(NC(=O)[C@@H]2CC[C@H](CN)O2)cc1. The number of ether oxygens (including phenoxy) is 1. The van der Waals surface area contributed by atoms with Gasteiger partial charge in [-0.3, -0.25) is 9.59 Å². The Morgan fingerprint density at radius 2 is 2.00 bits per heavy atom. The van der Waals surface area contributed by atoms with E-state index >= 15 is 0 Å². The normalized spacial score (nSPS) is 21.0. The van der Waals surface area contributed by atoms with E-state index < -0.39 is 6.10 Å². The number of nitrogens with one attached hydrogen (secondary N) is 2. The molecule has 2 rings (SSSR count). The van der Waals surface area contributed by atoms with Crippen molar-refractivity contribution in [3.63, 3.8) is 0 Å². The summed E-state index contributed by atoms with van der Waals surface area (Å²) in [5.74, 6) is -0.294. The maximum Gasteiger partial charge on any atom is 0.253 e. The van der Waals surface area contributed by atoms with Gasteiger partial charge >= 0.3 is 0 Å². The number of benzene rings is 1. The number of nitrogens with two attached hydrogens (primary N) is 1. The van der Waals surface area contributed by atoms with Gasteiger partial charge in [0.15, 0.2) is 0 Å². The van der Waals surface area contributed by atoms with Crippen molar-refractivity contribution in [1.29, 1.82) is 0 Å². The average molecular weight is 291 g/mol. The van der Waals surface area contributed by atoms with Gasteiger partial charge in [0.1, 0.15) is 6.10 Å². The van der Waals surface area contributed by atoms with Crippen LogP contribution in [0.1, 0.15) is 30.1 Å². The van der Waals surface area contributed by atoms with E-state index in [1.54, 1.807) is 24.3 Å². The highest BCUT2D eigenvalue weighted by atomic mass is 16.5. The van der Waals surface area contributed by atoms with Crippen LogP contribution in [0.4, 0.5) is 5.69 Å². The summed E-state index contributed by atoms with van der Waals surface area (Å²) in [7, 11) is 0. The molecule has 2 amide bonds. The molecule has 114 valence electrons. The monoisotopic (exact) mass is 291 g/mol. The van der Waals surface area contributed by atoms with Gasteiger partial charge in [-0.05, 0) is 44.0 Å². The molecule has 2 atom stereocenters. The first kappa shape index (κ1) is 15.5. The molecule has 0 bridgehead atoms. The standard InChI is InChI=1S/C15H21N3O3/c1-2-17-14(19)10-3-5-11(6-4-10)18-15(20)13-8-7-12(9-16)21-13/h3-6,12-13H,2,7-9,16H2,1H3,(H,17,19)(H,18,20)/t12-,13+/m1/s1. The summed E-state index contributed by atoms with van der Waals surface area (Å²) in [5, 5.41) is 5.51. The second kappa shape index (κ2) is 7.19. The quantitative estimate of drug-likeness (QED) is 0.750. The Labute approximate surface area is 124 Å². The molecule has 4 N–H and O–H groups in total. The third-order valence-corrected chi connectivity index (χ3v) is 3.41. The number of carbonyl (C=O) groups is 2. The molecule has 1 aromatic rings. The Hall–Kier alpha value is -1.92. The molecule has 0 spiro atoms. The van der Waals surface area contributed by atoms with Gasteiger partial charge in [-0.15, -0.1) is 0 Å². The summed E-state index contributed by atoms with van der Waals surface area (Å²) in [6.45, 7) is 2.88. The second-order valence-corrected chi connectivity index (χ2v) is 4.99. The zero-order valence-corrected chi connectivity index (χ0v) is 12.1. The van der Waals surface area contributed by atoms with Crippen molar-refractivity contribution in [3.05, 3.63) is 29.8 Å². The predicted octanol–water partition coefficient (Wildman–Crippen LogP) is 0.881. The van der Waals surface area contributed by atoms with Crippen LogP contribution in [0.2, 0.25) is 0 Å². The topological polar surface area (TPSA) is 93.5 Å². The molecule has 6 nitrogen and oxygen atoms in total. The molecule has 0 aromatic heterocycles. The molecule has 0 radical (unpaired) electrons. The lowest BCUT2D eigenvalue weighted by atomic mass is 10.1. The van der Waals surface area contributed by atoms with Gasteiger partial charge in [0.05, 0.1) is 6.10 Å². The van der Waals surface area contributed by atoms with Crippen molar-refractivity contribution >= 4 is 17.5 Å². The Kier molecular flexibility index (Phi) is 5.30. The molecule has 1 aliphatic heterocycles. The third kappa shape index (κ3) is 4.03. The fourth-order valence-corrected chi connectivity index (χ4v) is 2.26. The minimum absolute atomic E-state index is 0.0270. The molecule has 1 aliphatic rings. The molecule has 6 heteroatoms. The molecular formula is C15H21N3O3. The molecule has 1 heterocycles. The summed E-state index contributed by atoms with van der Waals surface area (Å²) in [6.07, 6.45) is 1.03. The Balaban J connectivity index is 1.91. The first-order valence-electron chi connectivity index (χ1n) is 7.18. The maximum absolute atomic E-state index is 12.0. The number of hydrogen-bond acceptors (Lipinski definition) is 4. The van der Waals surface area contributed by atoms with Gasteiger partial charge in [0.2, 0.25) is 0 Å². The highest BCUT2D eigenvalue weighted by Crippen LogP contribution is 2.20. The van der Waals surface area contributed by atoms with E-state index in [4.69, 9.17) is 10.5 Å². The van der Waals surface area contributed by atoms with Crippen molar-refractivity contribution < 1.29 is 14.3 Å². The first-order valence-corrected chi connectivity index (χ1v) is 7.18. The number of carbonyl (C=O) groups excluding carboxylic acids is 2. The van der Waals surface area contributed by atoms with E-state index in [0.29, 0.717) is 30.8 Å². The van der Waals surface area contributed by atoms with E-state index in [9.17, 15) is 9.59 Å². The van der Waals surface area contributed by atoms with E-state index in [1.807, 2.05) is 6.92 Å². The van der Waals surface area contributed by atoms with E-state index in [0.717, 1.165) is 6.42 Å². The van der Waals surface area contributed by atoms with Crippen LogP contribution < -0.4 is 16.4 Å². The van der Waals surface area contributed by atoms with Crippen molar-refractivity contribution in [1.82, 2.24) is 5.32 Å². The van der Waals surface area contributed by atoms with Crippen molar-refractivity contribution in [2.24, 2.45) is 5.73 Å². The van der Waals surface area contributed by atoms with Crippen molar-refractivity contribution in [2.75, 3.05) is 18.4 Å². The predicted molar refractivity (Wildman–Crippen MR) is 80.0 cm³/mol. The van der Waals surface area contributed by atoms with Crippen LogP contribution in [0.5, 0.6) is 0 Å². The zero-order chi connectivity index (χ0) is 15.2. The van der Waals surface area contributed by atoms with Gasteiger partial charge in [-0.1, -0.05) is 0 Å². The Morgan fingerprint density at radius 1 is 1.29 bits per heavy atom. The van der Waals surface area contributed by atoms with E-state index in [2.05, 4.69) is 10.6 Å². The minimum Gasteiger partial charge on any atom is -0.364 e. The fraction of sp³-hybridized carbons (Fsp3) is 0.467. The molecule has 0 unspecified atom stereocenters. The number of anilines is 1. The minimum atomic E-state index is -0.443. The van der Waals surface area contributed by atoms with Gasteiger partial charge in [0.25, 0.3) is 11.8 Å². The average Bonchev–Trinajstić information content (AvgIpc) is 2.97. The van der Waals surface area contributed by atoms with E-state index in [-0.39, 0.29) is 17.9 Å². The van der Waals surface area contributed by atoms with Crippen molar-refractivity contribution in [3.8, 4) is 0 Å². The summed E-state index contributed by atoms with van der Waals surface area (Å²) in [6, 6.07) is 6.77. The largest absolute Gasteiger partial charge is 0.364 e. The lowest BCUT2D eigenvalue weighted by molar-refractivity contribution is -0.126. The van der Waals surface area contributed by atoms with Crippen LogP contribution in [-0.2, 0) is 9.53 Å². The molecule has 0 saturated carbocycles. The van der Waals surface area contributed by atoms with Crippen LogP contribution in [0.15, 0.2) is 24.3 Å². The number of hydrogen-bond donors (Lipinski definition) is 3. The van der Waals surface area contributed by atoms with E-state index in [1.165, 1.54) is 0 Å². The summed E-state index contributed by atoms with van der Waals surface area (Å²) >= 11 is 0. The summed E-state index contributed by atoms with van der Waals surface area (Å²) in [4.78, 5) is 23.7. The zero-order valence-electron chi connectivity index (χ0n) is 12.1. The lowest BCUT2D eigenvalue weighted by Crippen LogP contribution is -2.29. The van der Waals surface area contributed by atoms with Gasteiger partial charge in [0, 0.05) is 24.3 Å². The second-order valence-electron chi connectivity index (χ2n) is 4.99. The lowest BCUT2D eigenvalue weighted by Gasteiger charge is -2.13. The number of rotatable bonds is 5. The summed E-state index contributed by atoms with van der Waals surface area (Å²) < 4.78 is 5.54. The van der Waals surface area contributed by atoms with Crippen LogP contribution >= 0.6 is 0 Å². The Morgan fingerprint density at radius 3 is 2.57 bits per heavy atom. The van der Waals surface area contributed by atoms with Crippen LogP contribution in [0, 0.1) is 0 Å². The fourth-order valence-electron chi connectivity index (χ4n) is 2.26. The first-order chi connectivity index (χ1) is 10.1. The van der Waals surface area contributed by atoms with Crippen molar-refractivity contribution in [2.45, 2.75) is 32.0 Å². The molecule has 1 saturated heterocycles. The third-order valence-electron chi connectivity index (χ3n) is 3.41. The van der Waals surface area contributed by atoms with Gasteiger partial charge in [-0.2, -0.15) is 0 Å². The molecule has 21 heavy (non-hydrogen) atoms. The molecule has 1 fully saturated rings. The highest BCUT2D eigenvalue weighted by molar-refractivity contribution is 5.96. The molecule has 1 aromatic carbocycles. The van der Waals surface area contributed by atoms with Crippen LogP contribution in [-0.4, -0.2) is 37.1 Å². The molecular weight excluding hydrogens is 270 g/mol. The number of amides is 2. The maximum atomic E-state index is 12.0. The summed E-state index contributed by atoms with van der Waals surface area (Å²) in [5.41, 5.74) is 6.73. The Bertz CT molecular complexity index is 501. The van der Waals surface area contributed by atoms with Gasteiger partial charge < -0.3 is 21.1 Å². The van der Waals surface area contributed by atoms with Crippen LogP contribution in [0.3, 0.4) is 0 Å². The smallest absolute Gasteiger partial charge is 0.253 e.